The van der Waals surface area contributed by atoms with Crippen LogP contribution in [0.5, 0.6) is 0 Å². The highest BCUT2D eigenvalue weighted by Gasteiger charge is 2.45. The number of thioether (sulfide) groups is 1. The normalized spacial score (nSPS) is 26.9. The minimum Gasteiger partial charge on any atom is -0.338 e. The molecule has 22 heavy (non-hydrogen) atoms. The first kappa shape index (κ1) is 13.8. The van der Waals surface area contributed by atoms with Crippen LogP contribution in [0.1, 0.15) is 36.7 Å². The van der Waals surface area contributed by atoms with E-state index in [0.29, 0.717) is 6.04 Å². The maximum absolute atomic E-state index is 4.99. The summed E-state index contributed by atoms with van der Waals surface area (Å²) in [6.45, 7) is 2.25. The number of aliphatic imine (C=N–C) groups is 1. The van der Waals surface area contributed by atoms with Crippen LogP contribution < -0.4 is 0 Å². The van der Waals surface area contributed by atoms with E-state index < -0.39 is 0 Å². The summed E-state index contributed by atoms with van der Waals surface area (Å²) in [6, 6.07) is 11.0. The molecule has 2 aliphatic heterocycles. The molecule has 3 atom stereocenters. The Labute approximate surface area is 134 Å². The average Bonchev–Trinajstić information content (AvgIpc) is 3.15. The van der Waals surface area contributed by atoms with Crippen molar-refractivity contribution >= 4 is 16.9 Å². The molecule has 5 heteroatoms. The van der Waals surface area contributed by atoms with Gasteiger partial charge in [0.05, 0.1) is 11.7 Å². The largest absolute Gasteiger partial charge is 0.338 e. The van der Waals surface area contributed by atoms with Crippen molar-refractivity contribution in [1.29, 1.82) is 0 Å². The molecule has 0 spiro atoms. The summed E-state index contributed by atoms with van der Waals surface area (Å²) in [5, 5.41) is 1.16. The van der Waals surface area contributed by atoms with Crippen molar-refractivity contribution in [1.82, 2.24) is 14.9 Å². The minimum atomic E-state index is 0.0576. The number of rotatable bonds is 3. The van der Waals surface area contributed by atoms with Crippen LogP contribution in [0.25, 0.3) is 0 Å². The van der Waals surface area contributed by atoms with Crippen LogP contribution in [0.3, 0.4) is 0 Å². The molecule has 4 rings (SSSR count). The first-order valence-electron chi connectivity index (χ1n) is 7.68. The monoisotopic (exact) mass is 310 g/mol. The van der Waals surface area contributed by atoms with E-state index in [1.165, 1.54) is 5.56 Å². The predicted octanol–water partition coefficient (Wildman–Crippen LogP) is 3.46. The van der Waals surface area contributed by atoms with Crippen molar-refractivity contribution in [2.45, 2.75) is 31.5 Å². The number of pyridine rings is 2. The van der Waals surface area contributed by atoms with Crippen molar-refractivity contribution in [3.63, 3.8) is 0 Å². The van der Waals surface area contributed by atoms with Gasteiger partial charge in [0, 0.05) is 30.4 Å². The molecule has 0 amide bonds. The Hall–Kier alpha value is -1.88. The zero-order chi connectivity index (χ0) is 14.9. The van der Waals surface area contributed by atoms with Crippen molar-refractivity contribution in [2.24, 2.45) is 4.99 Å². The van der Waals surface area contributed by atoms with Crippen LogP contribution in [0.4, 0.5) is 0 Å². The lowest BCUT2D eigenvalue weighted by atomic mass is 9.96. The quantitative estimate of drug-likeness (QED) is 0.870. The lowest BCUT2D eigenvalue weighted by molar-refractivity contribution is 0.255. The molecule has 1 saturated heterocycles. The fraction of sp³-hybridized carbons (Fsp3) is 0.353. The Morgan fingerprint density at radius 3 is 2.91 bits per heavy atom. The van der Waals surface area contributed by atoms with E-state index in [1.54, 1.807) is 0 Å². The summed E-state index contributed by atoms with van der Waals surface area (Å²) < 4.78 is 0. The van der Waals surface area contributed by atoms with E-state index in [1.807, 2.05) is 48.6 Å². The van der Waals surface area contributed by atoms with Crippen LogP contribution >= 0.6 is 11.8 Å². The van der Waals surface area contributed by atoms with Crippen molar-refractivity contribution in [3.8, 4) is 0 Å². The molecule has 0 N–H and O–H groups in total. The first-order valence-corrected chi connectivity index (χ1v) is 8.67. The third-order valence-electron chi connectivity index (χ3n) is 4.36. The van der Waals surface area contributed by atoms with Crippen LogP contribution in [0.15, 0.2) is 53.9 Å². The van der Waals surface area contributed by atoms with Gasteiger partial charge in [-0.15, -0.1) is 0 Å². The van der Waals surface area contributed by atoms with Gasteiger partial charge in [-0.2, -0.15) is 0 Å². The molecule has 0 saturated carbocycles. The maximum Gasteiger partial charge on any atom is 0.160 e. The molecular weight excluding hydrogens is 292 g/mol. The topological polar surface area (TPSA) is 41.4 Å². The van der Waals surface area contributed by atoms with Crippen LogP contribution in [0, 0.1) is 0 Å². The zero-order valence-corrected chi connectivity index (χ0v) is 13.3. The van der Waals surface area contributed by atoms with Gasteiger partial charge in [0.2, 0.25) is 0 Å². The highest BCUT2D eigenvalue weighted by molar-refractivity contribution is 8.14. The highest BCUT2D eigenvalue weighted by atomic mass is 32.2. The molecule has 4 nitrogen and oxygen atoms in total. The van der Waals surface area contributed by atoms with E-state index in [0.717, 1.165) is 23.0 Å². The standard InChI is InChI=1S/C17H18N4S/c1-2-13-11-22-17-20-15(14-7-3-4-9-19-14)16(21(13)17)12-6-5-8-18-10-12/h3-10,13,15-16H,2,11H2,1H3/t13-,15-,16-/m1/s1. The smallest absolute Gasteiger partial charge is 0.160 e. The van der Waals surface area contributed by atoms with Crippen molar-refractivity contribution < 1.29 is 0 Å². The predicted molar refractivity (Wildman–Crippen MR) is 89.8 cm³/mol. The van der Waals surface area contributed by atoms with E-state index >= 15 is 0 Å². The lowest BCUT2D eigenvalue weighted by Gasteiger charge is -2.31. The molecule has 0 aliphatic carbocycles. The summed E-state index contributed by atoms with van der Waals surface area (Å²) in [5.74, 6) is 1.13. The number of amidine groups is 1. The molecule has 2 aromatic heterocycles. The fourth-order valence-corrected chi connectivity index (χ4v) is 4.60. The second kappa shape index (κ2) is 5.72. The van der Waals surface area contributed by atoms with Gasteiger partial charge in [-0.3, -0.25) is 15.0 Å². The molecule has 0 radical (unpaired) electrons. The van der Waals surface area contributed by atoms with Crippen LogP contribution in [-0.4, -0.2) is 31.8 Å². The molecule has 0 aromatic carbocycles. The van der Waals surface area contributed by atoms with E-state index in [4.69, 9.17) is 4.99 Å². The molecule has 0 bridgehead atoms. The molecule has 2 aromatic rings. The van der Waals surface area contributed by atoms with E-state index in [9.17, 15) is 0 Å². The second-order valence-corrected chi connectivity index (χ2v) is 6.61. The summed E-state index contributed by atoms with van der Waals surface area (Å²) in [4.78, 5) is 16.3. The Morgan fingerprint density at radius 2 is 2.18 bits per heavy atom. The third-order valence-corrected chi connectivity index (χ3v) is 5.48. The molecule has 1 fully saturated rings. The lowest BCUT2D eigenvalue weighted by Crippen LogP contribution is -2.35. The van der Waals surface area contributed by atoms with Gasteiger partial charge in [-0.05, 0) is 30.2 Å². The first-order chi connectivity index (χ1) is 10.9. The SMILES string of the molecule is CC[C@@H]1CSC2=N[C@H](c3ccccn3)[C@@H](c3cccnc3)N21. The number of aromatic nitrogens is 2. The highest BCUT2D eigenvalue weighted by Crippen LogP contribution is 2.48. The van der Waals surface area contributed by atoms with Crippen LogP contribution in [0.2, 0.25) is 0 Å². The van der Waals surface area contributed by atoms with Crippen molar-refractivity contribution in [2.75, 3.05) is 5.75 Å². The molecule has 4 heterocycles. The van der Waals surface area contributed by atoms with E-state index in [2.05, 4.69) is 33.9 Å². The fourth-order valence-electron chi connectivity index (χ4n) is 3.26. The Morgan fingerprint density at radius 1 is 1.23 bits per heavy atom. The second-order valence-electron chi connectivity index (χ2n) is 5.62. The summed E-state index contributed by atoms with van der Waals surface area (Å²) in [7, 11) is 0. The van der Waals surface area contributed by atoms with Gasteiger partial charge >= 0.3 is 0 Å². The molecule has 2 aliphatic rings. The van der Waals surface area contributed by atoms with Crippen LogP contribution in [-0.2, 0) is 0 Å². The summed E-state index contributed by atoms with van der Waals surface area (Å²) in [5.41, 5.74) is 2.26. The van der Waals surface area contributed by atoms with Gasteiger partial charge in [-0.1, -0.05) is 30.8 Å². The number of hydrogen-bond acceptors (Lipinski definition) is 5. The van der Waals surface area contributed by atoms with Gasteiger partial charge in [0.25, 0.3) is 0 Å². The third kappa shape index (κ3) is 2.20. The Balaban J connectivity index is 1.79. The molecule has 112 valence electrons. The number of nitrogens with zero attached hydrogens (tertiary/aromatic N) is 4. The van der Waals surface area contributed by atoms with Gasteiger partial charge in [-0.25, -0.2) is 0 Å². The summed E-state index contributed by atoms with van der Waals surface area (Å²) >= 11 is 1.87. The number of fused-ring (bicyclic) bond motifs is 1. The van der Waals surface area contributed by atoms with Gasteiger partial charge in [0.1, 0.15) is 6.04 Å². The summed E-state index contributed by atoms with van der Waals surface area (Å²) in [6.07, 6.45) is 6.78. The minimum absolute atomic E-state index is 0.0576. The molecular formula is C17H18N4S. The van der Waals surface area contributed by atoms with Gasteiger partial charge < -0.3 is 4.90 Å². The Bertz CT molecular complexity index is 674. The zero-order valence-electron chi connectivity index (χ0n) is 12.5. The van der Waals surface area contributed by atoms with E-state index in [-0.39, 0.29) is 12.1 Å². The van der Waals surface area contributed by atoms with Gasteiger partial charge in [0.15, 0.2) is 5.17 Å². The molecule has 0 unspecified atom stereocenters. The number of hydrogen-bond donors (Lipinski definition) is 0. The maximum atomic E-state index is 4.99. The Kier molecular flexibility index (Phi) is 3.58. The van der Waals surface area contributed by atoms with Crippen molar-refractivity contribution in [3.05, 3.63) is 60.2 Å². The average molecular weight is 310 g/mol.